The quantitative estimate of drug-likeness (QED) is 0.358. The first-order valence-electron chi connectivity index (χ1n) is 8.92. The molecule has 3 heteroatoms. The van der Waals surface area contributed by atoms with Gasteiger partial charge in [-0.2, -0.15) is 5.26 Å². The Morgan fingerprint density at radius 2 is 1.64 bits per heavy atom. The van der Waals surface area contributed by atoms with Gasteiger partial charge in [0.15, 0.2) is 0 Å². The van der Waals surface area contributed by atoms with E-state index in [0.717, 1.165) is 25.8 Å². The molecule has 0 fully saturated rings. The van der Waals surface area contributed by atoms with Crippen molar-refractivity contribution < 1.29 is 0 Å². The molecule has 1 aromatic heterocycles. The van der Waals surface area contributed by atoms with Crippen LogP contribution in [0.1, 0.15) is 31.2 Å². The van der Waals surface area contributed by atoms with E-state index in [1.165, 1.54) is 27.7 Å². The monoisotopic (exact) mass is 348 g/mol. The standard InChI is InChI=1S/C22H24N2S/c1-18-10-12-21(13-11-18)25-22(15-23)9-3-2-6-14-24-16-19-7-4-5-8-20(19)17-24/h4-5,7-8,10-13,16-17,22H,2-3,6,9,14H2,1H3. The predicted molar refractivity (Wildman–Crippen MR) is 107 cm³/mol. The third-order valence-electron chi connectivity index (χ3n) is 4.43. The molecule has 1 unspecified atom stereocenters. The maximum absolute atomic E-state index is 9.38. The summed E-state index contributed by atoms with van der Waals surface area (Å²) < 4.78 is 2.29. The van der Waals surface area contributed by atoms with Gasteiger partial charge in [-0.15, -0.1) is 11.8 Å². The SMILES string of the molecule is Cc1ccc(SC(C#N)CCCCCn2cc3ccccc3c2)cc1. The molecule has 1 atom stereocenters. The topological polar surface area (TPSA) is 28.7 Å². The Kier molecular flexibility index (Phi) is 6.19. The first-order valence-corrected chi connectivity index (χ1v) is 9.80. The normalized spacial score (nSPS) is 12.2. The number of unbranched alkanes of at least 4 members (excludes halogenated alkanes) is 2. The molecule has 3 aromatic rings. The number of thioether (sulfide) groups is 1. The van der Waals surface area contributed by atoms with Gasteiger partial charge in [0.25, 0.3) is 0 Å². The van der Waals surface area contributed by atoms with E-state index < -0.39 is 0 Å². The van der Waals surface area contributed by atoms with Crippen LogP contribution in [0.5, 0.6) is 0 Å². The maximum atomic E-state index is 9.38. The number of hydrogen-bond donors (Lipinski definition) is 0. The molecule has 0 saturated carbocycles. The Morgan fingerprint density at radius 1 is 0.960 bits per heavy atom. The van der Waals surface area contributed by atoms with Crippen molar-refractivity contribution in [3.05, 3.63) is 66.5 Å². The molecule has 2 nitrogen and oxygen atoms in total. The van der Waals surface area contributed by atoms with Crippen LogP contribution >= 0.6 is 11.8 Å². The van der Waals surface area contributed by atoms with Crippen molar-refractivity contribution in [2.24, 2.45) is 0 Å². The van der Waals surface area contributed by atoms with E-state index in [0.29, 0.717) is 0 Å². The van der Waals surface area contributed by atoms with Crippen molar-refractivity contribution in [3.8, 4) is 6.07 Å². The van der Waals surface area contributed by atoms with Crippen molar-refractivity contribution in [2.75, 3.05) is 0 Å². The average molecular weight is 349 g/mol. The van der Waals surface area contributed by atoms with Gasteiger partial charge in [-0.25, -0.2) is 0 Å². The van der Waals surface area contributed by atoms with Gasteiger partial charge in [0, 0.05) is 23.8 Å². The third-order valence-corrected chi connectivity index (χ3v) is 5.60. The molecule has 0 N–H and O–H groups in total. The molecule has 0 saturated heterocycles. The summed E-state index contributed by atoms with van der Waals surface area (Å²) in [4.78, 5) is 1.19. The Labute approximate surface area is 154 Å². The molecular weight excluding hydrogens is 324 g/mol. The molecule has 0 amide bonds. The van der Waals surface area contributed by atoms with Crippen LogP contribution in [0.2, 0.25) is 0 Å². The summed E-state index contributed by atoms with van der Waals surface area (Å²) in [5.74, 6) is 0. The highest BCUT2D eigenvalue weighted by atomic mass is 32.2. The number of hydrogen-bond acceptors (Lipinski definition) is 2. The number of rotatable bonds is 8. The summed E-state index contributed by atoms with van der Waals surface area (Å²) in [7, 11) is 0. The molecule has 0 spiro atoms. The van der Waals surface area contributed by atoms with Crippen LogP contribution in [-0.4, -0.2) is 9.82 Å². The van der Waals surface area contributed by atoms with Gasteiger partial charge < -0.3 is 4.57 Å². The second kappa shape index (κ2) is 8.78. The van der Waals surface area contributed by atoms with Gasteiger partial charge in [-0.1, -0.05) is 54.8 Å². The predicted octanol–water partition coefficient (Wildman–Crippen LogP) is 6.19. The molecule has 1 heterocycles. The minimum atomic E-state index is 0.0527. The molecule has 3 rings (SSSR count). The zero-order valence-corrected chi connectivity index (χ0v) is 15.5. The van der Waals surface area contributed by atoms with E-state index in [2.05, 4.69) is 78.5 Å². The smallest absolute Gasteiger partial charge is 0.0963 e. The Bertz CT molecular complexity index is 809. The summed E-state index contributed by atoms with van der Waals surface area (Å²) in [6.07, 6.45) is 8.84. The van der Waals surface area contributed by atoms with Crippen molar-refractivity contribution in [1.82, 2.24) is 4.57 Å². The summed E-state index contributed by atoms with van der Waals surface area (Å²) in [6.45, 7) is 3.14. The van der Waals surface area contributed by atoms with Crippen LogP contribution in [0.15, 0.2) is 65.8 Å². The van der Waals surface area contributed by atoms with Crippen molar-refractivity contribution in [3.63, 3.8) is 0 Å². The third kappa shape index (κ3) is 5.14. The van der Waals surface area contributed by atoms with Crippen molar-refractivity contribution in [1.29, 1.82) is 5.26 Å². The molecule has 0 aliphatic heterocycles. The summed E-state index contributed by atoms with van der Waals surface area (Å²) in [6, 6.07) is 19.4. The molecule has 128 valence electrons. The number of fused-ring (bicyclic) bond motifs is 1. The van der Waals surface area contributed by atoms with E-state index >= 15 is 0 Å². The first-order chi connectivity index (χ1) is 12.2. The first kappa shape index (κ1) is 17.6. The number of benzene rings is 2. The van der Waals surface area contributed by atoms with Crippen LogP contribution < -0.4 is 0 Å². The second-order valence-electron chi connectivity index (χ2n) is 6.52. The summed E-state index contributed by atoms with van der Waals surface area (Å²) in [5.41, 5.74) is 1.26. The number of nitrogens with zero attached hydrogens (tertiary/aromatic N) is 2. The molecule has 0 aliphatic rings. The number of aromatic nitrogens is 1. The van der Waals surface area contributed by atoms with Crippen molar-refractivity contribution >= 4 is 22.5 Å². The van der Waals surface area contributed by atoms with Crippen molar-refractivity contribution in [2.45, 2.75) is 49.3 Å². The van der Waals surface area contributed by atoms with E-state index in [4.69, 9.17) is 0 Å². The highest BCUT2D eigenvalue weighted by molar-refractivity contribution is 8.00. The Hall–Kier alpha value is -2.18. The molecule has 2 aromatic carbocycles. The Morgan fingerprint density at radius 3 is 2.28 bits per heavy atom. The lowest BCUT2D eigenvalue weighted by Crippen LogP contribution is -2.00. The molecule has 0 radical (unpaired) electrons. The van der Waals surface area contributed by atoms with Crippen LogP contribution in [0.25, 0.3) is 10.8 Å². The average Bonchev–Trinajstić information content (AvgIpc) is 3.05. The van der Waals surface area contributed by atoms with E-state index in [9.17, 15) is 5.26 Å². The minimum absolute atomic E-state index is 0.0527. The Balaban J connectivity index is 1.39. The fraction of sp³-hybridized carbons (Fsp3) is 0.318. The van der Waals surface area contributed by atoms with E-state index in [1.807, 2.05) is 0 Å². The van der Waals surface area contributed by atoms with Crippen LogP contribution in [-0.2, 0) is 6.54 Å². The van der Waals surface area contributed by atoms with Gasteiger partial charge in [0.05, 0.1) is 11.3 Å². The van der Waals surface area contributed by atoms with Gasteiger partial charge in [0.1, 0.15) is 0 Å². The minimum Gasteiger partial charge on any atom is -0.353 e. The van der Waals surface area contributed by atoms with Gasteiger partial charge in [-0.3, -0.25) is 0 Å². The largest absolute Gasteiger partial charge is 0.353 e. The maximum Gasteiger partial charge on any atom is 0.0963 e. The fourth-order valence-corrected chi connectivity index (χ4v) is 3.96. The molecule has 0 aliphatic carbocycles. The van der Waals surface area contributed by atoms with Crippen LogP contribution in [0, 0.1) is 18.3 Å². The van der Waals surface area contributed by atoms with Gasteiger partial charge >= 0.3 is 0 Å². The zero-order chi connectivity index (χ0) is 17.5. The number of aryl methyl sites for hydroxylation is 2. The second-order valence-corrected chi connectivity index (χ2v) is 7.80. The summed E-state index contributed by atoms with van der Waals surface area (Å²) >= 11 is 1.69. The number of nitriles is 1. The van der Waals surface area contributed by atoms with Gasteiger partial charge in [0.2, 0.25) is 0 Å². The highest BCUT2D eigenvalue weighted by Crippen LogP contribution is 2.26. The lowest BCUT2D eigenvalue weighted by atomic mass is 10.1. The molecule has 25 heavy (non-hydrogen) atoms. The van der Waals surface area contributed by atoms with Gasteiger partial charge in [-0.05, 0) is 42.7 Å². The summed E-state index contributed by atoms with van der Waals surface area (Å²) in [5, 5.41) is 12.0. The van der Waals surface area contributed by atoms with Crippen LogP contribution in [0.4, 0.5) is 0 Å². The van der Waals surface area contributed by atoms with E-state index in [-0.39, 0.29) is 5.25 Å². The zero-order valence-electron chi connectivity index (χ0n) is 14.7. The highest BCUT2D eigenvalue weighted by Gasteiger charge is 2.09. The lowest BCUT2D eigenvalue weighted by molar-refractivity contribution is 0.580. The van der Waals surface area contributed by atoms with E-state index in [1.54, 1.807) is 11.8 Å². The molecule has 0 bridgehead atoms. The van der Waals surface area contributed by atoms with Crippen LogP contribution in [0.3, 0.4) is 0 Å². The molecular formula is C22H24N2S. The lowest BCUT2D eigenvalue weighted by Gasteiger charge is -2.09. The fourth-order valence-electron chi connectivity index (χ4n) is 3.00.